The quantitative estimate of drug-likeness (QED) is 0.622. The molecule has 0 aliphatic carbocycles. The van der Waals surface area contributed by atoms with Gasteiger partial charge in [-0.05, 0) is 49.0 Å². The van der Waals surface area contributed by atoms with Crippen LogP contribution in [0.1, 0.15) is 16.1 Å². The predicted octanol–water partition coefficient (Wildman–Crippen LogP) is 3.88. The van der Waals surface area contributed by atoms with E-state index in [2.05, 4.69) is 28.2 Å². The van der Waals surface area contributed by atoms with Crippen molar-refractivity contribution in [2.75, 3.05) is 38.1 Å². The van der Waals surface area contributed by atoms with E-state index in [9.17, 15) is 4.79 Å². The van der Waals surface area contributed by atoms with Gasteiger partial charge in [-0.3, -0.25) is 4.79 Å². The summed E-state index contributed by atoms with van der Waals surface area (Å²) in [5.74, 6) is 0.779. The zero-order chi connectivity index (χ0) is 20.2. The van der Waals surface area contributed by atoms with Gasteiger partial charge < -0.3 is 25.0 Å². The fourth-order valence-corrected chi connectivity index (χ4v) is 3.61. The summed E-state index contributed by atoms with van der Waals surface area (Å²) in [5, 5.41) is 3.57. The molecule has 1 amide bonds. The number of likely N-dealkylation sites (N-methyl/N-ethyl adjacent to an activating group) is 1. The SMILES string of the molecule is CN1CCN(c2ccccc2-c2ccc(C(=O)NCc3ccc(Cl)cc3)o2)CC1.Cl.O. The van der Waals surface area contributed by atoms with E-state index in [1.807, 2.05) is 48.5 Å². The van der Waals surface area contributed by atoms with E-state index in [1.54, 1.807) is 6.07 Å². The van der Waals surface area contributed by atoms with Gasteiger partial charge in [-0.1, -0.05) is 35.9 Å². The van der Waals surface area contributed by atoms with Gasteiger partial charge in [0.1, 0.15) is 5.76 Å². The van der Waals surface area contributed by atoms with Crippen LogP contribution in [0.4, 0.5) is 5.69 Å². The maximum absolute atomic E-state index is 12.5. The summed E-state index contributed by atoms with van der Waals surface area (Å²) in [5.41, 5.74) is 3.13. The fraction of sp³-hybridized carbons (Fsp3) is 0.261. The van der Waals surface area contributed by atoms with Crippen LogP contribution >= 0.6 is 24.0 Å². The minimum atomic E-state index is -0.233. The van der Waals surface area contributed by atoms with Gasteiger partial charge in [-0.15, -0.1) is 12.4 Å². The number of furan rings is 1. The van der Waals surface area contributed by atoms with E-state index in [4.69, 9.17) is 16.0 Å². The van der Waals surface area contributed by atoms with Gasteiger partial charge >= 0.3 is 0 Å². The van der Waals surface area contributed by atoms with E-state index in [-0.39, 0.29) is 23.8 Å². The highest BCUT2D eigenvalue weighted by Gasteiger charge is 2.20. The Balaban J connectivity index is 0.00000171. The molecule has 8 heteroatoms. The van der Waals surface area contributed by atoms with Crippen molar-refractivity contribution in [2.45, 2.75) is 6.54 Å². The third kappa shape index (κ3) is 6.02. The molecule has 1 fully saturated rings. The second-order valence-corrected chi connectivity index (χ2v) is 7.72. The van der Waals surface area contributed by atoms with Gasteiger partial charge in [0.05, 0.1) is 0 Å². The fourth-order valence-electron chi connectivity index (χ4n) is 3.48. The number of rotatable bonds is 5. The molecule has 1 aromatic heterocycles. The van der Waals surface area contributed by atoms with Crippen LogP contribution in [0.15, 0.2) is 65.1 Å². The Bertz CT molecular complexity index is 984. The zero-order valence-corrected chi connectivity index (χ0v) is 18.9. The molecule has 0 unspecified atom stereocenters. The number of para-hydroxylation sites is 1. The first-order chi connectivity index (χ1) is 14.1. The number of carbonyl (C=O) groups is 1. The molecule has 3 aromatic rings. The molecule has 1 aliphatic heterocycles. The second-order valence-electron chi connectivity index (χ2n) is 7.28. The molecule has 1 saturated heterocycles. The zero-order valence-electron chi connectivity index (χ0n) is 17.3. The summed E-state index contributed by atoms with van der Waals surface area (Å²) in [6.07, 6.45) is 0. The van der Waals surface area contributed by atoms with Gasteiger partial charge in [0.25, 0.3) is 5.91 Å². The van der Waals surface area contributed by atoms with Crippen LogP contribution in [-0.2, 0) is 6.54 Å². The van der Waals surface area contributed by atoms with Crippen LogP contribution < -0.4 is 10.2 Å². The first-order valence-electron chi connectivity index (χ1n) is 9.75. The van der Waals surface area contributed by atoms with Crippen molar-refractivity contribution in [1.82, 2.24) is 10.2 Å². The molecule has 6 nitrogen and oxygen atoms in total. The molecule has 0 atom stereocenters. The highest BCUT2D eigenvalue weighted by atomic mass is 35.5. The van der Waals surface area contributed by atoms with Crippen molar-refractivity contribution in [3.63, 3.8) is 0 Å². The Labute approximate surface area is 193 Å². The average Bonchev–Trinajstić information content (AvgIpc) is 3.24. The lowest BCUT2D eigenvalue weighted by Crippen LogP contribution is -2.44. The lowest BCUT2D eigenvalue weighted by molar-refractivity contribution is 0.0924. The van der Waals surface area contributed by atoms with Crippen molar-refractivity contribution in [3.8, 4) is 11.3 Å². The van der Waals surface area contributed by atoms with Crippen molar-refractivity contribution in [1.29, 1.82) is 0 Å². The monoisotopic (exact) mass is 463 g/mol. The number of carbonyl (C=O) groups excluding carboxylic acids is 1. The minimum Gasteiger partial charge on any atom is -0.451 e. The van der Waals surface area contributed by atoms with Crippen LogP contribution in [0.3, 0.4) is 0 Å². The van der Waals surface area contributed by atoms with Crippen molar-refractivity contribution in [2.24, 2.45) is 0 Å². The van der Waals surface area contributed by atoms with Gasteiger partial charge in [-0.25, -0.2) is 0 Å². The first-order valence-corrected chi connectivity index (χ1v) is 10.1. The summed E-state index contributed by atoms with van der Waals surface area (Å²) in [4.78, 5) is 17.2. The number of halogens is 2. The summed E-state index contributed by atoms with van der Waals surface area (Å²) < 4.78 is 5.92. The summed E-state index contributed by atoms with van der Waals surface area (Å²) in [6.45, 7) is 4.44. The van der Waals surface area contributed by atoms with Gasteiger partial charge in [0.2, 0.25) is 0 Å². The van der Waals surface area contributed by atoms with E-state index >= 15 is 0 Å². The molecule has 4 rings (SSSR count). The van der Waals surface area contributed by atoms with E-state index in [0.29, 0.717) is 23.1 Å². The maximum Gasteiger partial charge on any atom is 0.287 e. The Kier molecular flexibility index (Phi) is 8.95. The summed E-state index contributed by atoms with van der Waals surface area (Å²) in [7, 11) is 2.14. The number of anilines is 1. The number of hydrogen-bond acceptors (Lipinski definition) is 4. The average molecular weight is 464 g/mol. The van der Waals surface area contributed by atoms with Gasteiger partial charge in [-0.2, -0.15) is 0 Å². The van der Waals surface area contributed by atoms with Crippen LogP contribution in [0.25, 0.3) is 11.3 Å². The number of hydrogen-bond donors (Lipinski definition) is 1. The van der Waals surface area contributed by atoms with Crippen LogP contribution in [0, 0.1) is 0 Å². The molecule has 0 radical (unpaired) electrons. The predicted molar refractivity (Wildman–Crippen MR) is 127 cm³/mol. The number of amides is 1. The Morgan fingerprint density at radius 1 is 1.00 bits per heavy atom. The maximum atomic E-state index is 12.5. The molecule has 3 N–H and O–H groups in total. The highest BCUT2D eigenvalue weighted by molar-refractivity contribution is 6.30. The van der Waals surface area contributed by atoms with Crippen molar-refractivity contribution in [3.05, 3.63) is 77.0 Å². The number of benzene rings is 2. The lowest BCUT2D eigenvalue weighted by atomic mass is 10.1. The highest BCUT2D eigenvalue weighted by Crippen LogP contribution is 2.32. The molecule has 2 aromatic carbocycles. The molecular weight excluding hydrogens is 437 g/mol. The number of nitrogens with zero attached hydrogens (tertiary/aromatic N) is 2. The molecule has 0 saturated carbocycles. The standard InChI is InChI=1S/C23H24ClN3O2.ClH.H2O/c1-26-12-14-27(15-13-26)20-5-3-2-4-19(20)21-10-11-22(29-21)23(28)25-16-17-6-8-18(24)9-7-17;;/h2-11H,12-16H2,1H3,(H,25,28);1H;1H2. The minimum absolute atomic E-state index is 0. The summed E-state index contributed by atoms with van der Waals surface area (Å²) >= 11 is 5.90. The Morgan fingerprint density at radius 3 is 2.39 bits per heavy atom. The van der Waals surface area contributed by atoms with Crippen molar-refractivity contribution >= 4 is 35.6 Å². The Morgan fingerprint density at radius 2 is 1.68 bits per heavy atom. The topological polar surface area (TPSA) is 80.2 Å². The van der Waals surface area contributed by atoms with Gasteiger partial charge in [0, 0.05) is 49.0 Å². The third-order valence-electron chi connectivity index (χ3n) is 5.21. The molecule has 1 aliphatic rings. The number of nitrogens with one attached hydrogen (secondary N) is 1. The van der Waals surface area contributed by atoms with E-state index in [1.165, 1.54) is 0 Å². The van der Waals surface area contributed by atoms with Crippen molar-refractivity contribution < 1.29 is 14.7 Å². The normalized spacial score (nSPS) is 13.8. The first kappa shape index (κ1) is 24.8. The molecular formula is C23H27Cl2N3O3. The third-order valence-corrected chi connectivity index (χ3v) is 5.46. The number of piperazine rings is 1. The van der Waals surface area contributed by atoms with Crippen LogP contribution in [0.5, 0.6) is 0 Å². The molecule has 0 bridgehead atoms. The van der Waals surface area contributed by atoms with Crippen LogP contribution in [0.2, 0.25) is 5.02 Å². The van der Waals surface area contributed by atoms with E-state index < -0.39 is 0 Å². The smallest absolute Gasteiger partial charge is 0.287 e. The molecule has 2 heterocycles. The second kappa shape index (κ2) is 11.2. The van der Waals surface area contributed by atoms with Crippen LogP contribution in [-0.4, -0.2) is 49.5 Å². The largest absolute Gasteiger partial charge is 0.451 e. The molecule has 31 heavy (non-hydrogen) atoms. The lowest BCUT2D eigenvalue weighted by Gasteiger charge is -2.34. The van der Waals surface area contributed by atoms with E-state index in [0.717, 1.165) is 43.0 Å². The molecule has 166 valence electrons. The Hall–Kier alpha value is -2.51. The molecule has 0 spiro atoms. The summed E-state index contributed by atoms with van der Waals surface area (Å²) in [6, 6.07) is 19.2. The van der Waals surface area contributed by atoms with Gasteiger partial charge in [0.15, 0.2) is 5.76 Å².